The van der Waals surface area contributed by atoms with E-state index in [1.165, 1.54) is 29.3 Å². The van der Waals surface area contributed by atoms with Crippen molar-refractivity contribution in [3.63, 3.8) is 0 Å². The minimum absolute atomic E-state index is 0.125. The Morgan fingerprint density at radius 1 is 0.933 bits per heavy atom. The van der Waals surface area contributed by atoms with Crippen LogP contribution >= 0.6 is 0 Å². The topological polar surface area (TPSA) is 60.9 Å². The molecule has 1 N–H and O–H groups in total. The first-order valence-corrected chi connectivity index (χ1v) is 12.5. The van der Waals surface area contributed by atoms with Gasteiger partial charge in [-0.15, -0.1) is 0 Å². The van der Waals surface area contributed by atoms with Crippen LogP contribution in [-0.4, -0.2) is 61.1 Å². The monoisotopic (exact) mass is 428 g/mol. The Labute approximate surface area is 180 Å². The predicted molar refractivity (Wildman–Crippen MR) is 120 cm³/mol. The highest BCUT2D eigenvalue weighted by atomic mass is 32.2. The molecule has 2 fully saturated rings. The minimum atomic E-state index is -3.56. The second-order valence-corrected chi connectivity index (χ2v) is 10.5. The van der Waals surface area contributed by atoms with E-state index in [4.69, 9.17) is 0 Å². The Morgan fingerprint density at radius 2 is 1.57 bits per heavy atom. The maximum Gasteiger partial charge on any atom is 0.243 e. The van der Waals surface area contributed by atoms with Gasteiger partial charge in [-0.3, -0.25) is 0 Å². The summed E-state index contributed by atoms with van der Waals surface area (Å²) in [6.45, 7) is 4.99. The van der Waals surface area contributed by atoms with Crippen molar-refractivity contribution in [1.29, 1.82) is 0 Å². The third-order valence-electron chi connectivity index (χ3n) is 6.66. The van der Waals surface area contributed by atoms with Crippen LogP contribution < -0.4 is 0 Å². The van der Waals surface area contributed by atoms with Gasteiger partial charge in [-0.2, -0.15) is 4.31 Å². The largest absolute Gasteiger partial charge is 0.395 e. The molecular weight excluding hydrogens is 396 g/mol. The number of aliphatic hydroxyl groups excluding tert-OH is 1. The molecule has 5 nitrogen and oxygen atoms in total. The molecule has 0 spiro atoms. The molecule has 2 aromatic rings. The van der Waals surface area contributed by atoms with Crippen LogP contribution in [0.3, 0.4) is 0 Å². The van der Waals surface area contributed by atoms with E-state index in [2.05, 4.69) is 36.1 Å². The number of aliphatic hydroxyl groups is 1. The SMILES string of the molecule is CC1CCCN1CCc1ccc(-c2ccc(S(=O)(=O)N3CCCC3CO)cc2)cc1. The zero-order valence-corrected chi connectivity index (χ0v) is 18.5. The number of hydrogen-bond acceptors (Lipinski definition) is 4. The van der Waals surface area contributed by atoms with Crippen molar-refractivity contribution in [3.05, 3.63) is 54.1 Å². The summed E-state index contributed by atoms with van der Waals surface area (Å²) in [5, 5.41) is 9.47. The first-order valence-electron chi connectivity index (χ1n) is 11.0. The molecule has 162 valence electrons. The molecule has 6 heteroatoms. The number of likely N-dealkylation sites (tertiary alicyclic amines) is 1. The lowest BCUT2D eigenvalue weighted by Crippen LogP contribution is -2.37. The molecule has 4 rings (SSSR count). The van der Waals surface area contributed by atoms with E-state index >= 15 is 0 Å². The van der Waals surface area contributed by atoms with Crippen LogP contribution in [0.4, 0.5) is 0 Å². The summed E-state index contributed by atoms with van der Waals surface area (Å²) in [5.74, 6) is 0. The second-order valence-electron chi connectivity index (χ2n) is 8.59. The van der Waals surface area contributed by atoms with Gasteiger partial charge >= 0.3 is 0 Å². The fraction of sp³-hybridized carbons (Fsp3) is 0.500. The van der Waals surface area contributed by atoms with Crippen LogP contribution in [0.2, 0.25) is 0 Å². The van der Waals surface area contributed by atoms with Crippen molar-refractivity contribution in [2.45, 2.75) is 56.0 Å². The molecule has 2 aromatic carbocycles. The summed E-state index contributed by atoms with van der Waals surface area (Å²) in [7, 11) is -3.56. The van der Waals surface area contributed by atoms with E-state index in [0.717, 1.165) is 36.9 Å². The second kappa shape index (κ2) is 9.18. The number of sulfonamides is 1. The standard InChI is InChI=1S/C24H32N2O3S/c1-19-4-2-15-25(19)17-14-20-6-8-21(9-7-20)22-10-12-24(13-11-22)30(28,29)26-16-3-5-23(26)18-27/h6-13,19,23,27H,2-5,14-18H2,1H3. The average molecular weight is 429 g/mol. The third kappa shape index (κ3) is 4.47. The van der Waals surface area contributed by atoms with Crippen molar-refractivity contribution < 1.29 is 13.5 Å². The van der Waals surface area contributed by atoms with E-state index in [1.807, 2.05) is 12.1 Å². The predicted octanol–water partition coefficient (Wildman–Crippen LogP) is 3.53. The number of nitrogens with zero attached hydrogens (tertiary/aromatic N) is 2. The van der Waals surface area contributed by atoms with E-state index in [9.17, 15) is 13.5 Å². The van der Waals surface area contributed by atoms with Gasteiger partial charge in [0, 0.05) is 25.2 Å². The van der Waals surface area contributed by atoms with E-state index in [1.54, 1.807) is 12.1 Å². The Bertz CT molecular complexity index is 941. The molecule has 2 aliphatic heterocycles. The van der Waals surface area contributed by atoms with Gasteiger partial charge < -0.3 is 10.0 Å². The highest BCUT2D eigenvalue weighted by Gasteiger charge is 2.34. The molecule has 2 saturated heterocycles. The molecule has 30 heavy (non-hydrogen) atoms. The molecule has 2 atom stereocenters. The van der Waals surface area contributed by atoms with Gasteiger partial charge in [0.25, 0.3) is 0 Å². The van der Waals surface area contributed by atoms with Gasteiger partial charge in [-0.1, -0.05) is 36.4 Å². The third-order valence-corrected chi connectivity index (χ3v) is 8.63. The van der Waals surface area contributed by atoms with Crippen molar-refractivity contribution in [2.24, 2.45) is 0 Å². The van der Waals surface area contributed by atoms with E-state index in [0.29, 0.717) is 17.5 Å². The van der Waals surface area contributed by atoms with Crippen LogP contribution in [0, 0.1) is 0 Å². The van der Waals surface area contributed by atoms with Crippen molar-refractivity contribution in [2.75, 3.05) is 26.2 Å². The first-order chi connectivity index (χ1) is 14.5. The van der Waals surface area contributed by atoms with Crippen LogP contribution in [0.1, 0.15) is 38.2 Å². The highest BCUT2D eigenvalue weighted by Crippen LogP contribution is 2.28. The molecule has 2 aliphatic rings. The molecule has 0 saturated carbocycles. The fourth-order valence-electron chi connectivity index (χ4n) is 4.72. The van der Waals surface area contributed by atoms with Gasteiger partial charge in [-0.25, -0.2) is 8.42 Å². The van der Waals surface area contributed by atoms with Gasteiger partial charge in [0.1, 0.15) is 0 Å². The Hall–Kier alpha value is -1.73. The molecule has 0 aromatic heterocycles. The number of hydrogen-bond donors (Lipinski definition) is 1. The highest BCUT2D eigenvalue weighted by molar-refractivity contribution is 7.89. The summed E-state index contributed by atoms with van der Waals surface area (Å²) < 4.78 is 27.3. The van der Waals surface area contributed by atoms with Crippen LogP contribution in [0.25, 0.3) is 11.1 Å². The molecular formula is C24H32N2O3S. The summed E-state index contributed by atoms with van der Waals surface area (Å²) in [5.41, 5.74) is 3.43. The summed E-state index contributed by atoms with van der Waals surface area (Å²) in [6.07, 6.45) is 5.19. The maximum absolute atomic E-state index is 12.9. The fourth-order valence-corrected chi connectivity index (χ4v) is 6.41. The minimum Gasteiger partial charge on any atom is -0.395 e. The van der Waals surface area contributed by atoms with Crippen LogP contribution in [0.15, 0.2) is 53.4 Å². The van der Waals surface area contributed by atoms with Gasteiger partial charge in [0.2, 0.25) is 10.0 Å². The molecule has 0 radical (unpaired) electrons. The first kappa shape index (κ1) is 21.5. The van der Waals surface area contributed by atoms with Crippen molar-refractivity contribution in [1.82, 2.24) is 9.21 Å². The van der Waals surface area contributed by atoms with Crippen molar-refractivity contribution in [3.8, 4) is 11.1 Å². The van der Waals surface area contributed by atoms with Gasteiger partial charge in [0.05, 0.1) is 11.5 Å². The number of benzene rings is 2. The smallest absolute Gasteiger partial charge is 0.243 e. The Morgan fingerprint density at radius 3 is 2.17 bits per heavy atom. The number of rotatable bonds is 7. The Kier molecular flexibility index (Phi) is 6.58. The van der Waals surface area contributed by atoms with Gasteiger partial charge in [0.15, 0.2) is 0 Å². The lowest BCUT2D eigenvalue weighted by atomic mass is 10.0. The normalized spacial score (nSPS) is 23.3. The zero-order valence-electron chi connectivity index (χ0n) is 17.7. The zero-order chi connectivity index (χ0) is 21.1. The molecule has 0 amide bonds. The summed E-state index contributed by atoms with van der Waals surface area (Å²) in [4.78, 5) is 2.86. The Balaban J connectivity index is 1.42. The van der Waals surface area contributed by atoms with E-state index in [-0.39, 0.29) is 12.6 Å². The molecule has 2 unspecified atom stereocenters. The lowest BCUT2D eigenvalue weighted by Gasteiger charge is -2.22. The van der Waals surface area contributed by atoms with Gasteiger partial charge in [-0.05, 0) is 74.4 Å². The van der Waals surface area contributed by atoms with Crippen LogP contribution in [-0.2, 0) is 16.4 Å². The van der Waals surface area contributed by atoms with Crippen molar-refractivity contribution >= 4 is 10.0 Å². The maximum atomic E-state index is 12.9. The average Bonchev–Trinajstić information content (AvgIpc) is 3.42. The summed E-state index contributed by atoms with van der Waals surface area (Å²) >= 11 is 0. The molecule has 0 bridgehead atoms. The lowest BCUT2D eigenvalue weighted by molar-refractivity contribution is 0.213. The summed E-state index contributed by atoms with van der Waals surface area (Å²) in [6, 6.07) is 16.1. The van der Waals surface area contributed by atoms with E-state index < -0.39 is 10.0 Å². The molecule has 2 heterocycles. The van der Waals surface area contributed by atoms with Crippen LogP contribution in [0.5, 0.6) is 0 Å². The molecule has 0 aliphatic carbocycles. The quantitative estimate of drug-likeness (QED) is 0.733.